The molecule has 3 heteroatoms. The molecule has 1 N–H and O–H groups in total. The van der Waals surface area contributed by atoms with Crippen LogP contribution in [-0.2, 0) is 0 Å². The number of hydrogen-bond donors (Lipinski definition) is 1. The zero-order chi connectivity index (χ0) is 14.4. The monoisotopic (exact) mass is 283 g/mol. The summed E-state index contributed by atoms with van der Waals surface area (Å²) in [6.45, 7) is 8.39. The summed E-state index contributed by atoms with van der Waals surface area (Å²) in [4.78, 5) is 17.6. The number of carbonyl (C=O) groups excluding carboxylic acids is 1. The molecule has 2 aromatic heterocycles. The highest BCUT2D eigenvalue weighted by atomic mass is 32.1. The quantitative estimate of drug-likeness (QED) is 0.664. The van der Waals surface area contributed by atoms with E-state index in [9.17, 15) is 4.79 Å². The minimum Gasteiger partial charge on any atom is -0.354 e. The van der Waals surface area contributed by atoms with Crippen LogP contribution in [0.15, 0.2) is 18.2 Å². The highest BCUT2D eigenvalue weighted by Crippen LogP contribution is 2.36. The van der Waals surface area contributed by atoms with Crippen LogP contribution in [0.5, 0.6) is 0 Å². The zero-order valence-corrected chi connectivity index (χ0v) is 12.9. The standard InChI is InChI=1S/C17H17NOS/c1-9-5-6-13-15(8-19)17(18-16(13)11(9)3)14-7-10(2)20-12(14)4/h5-8,18H,1-4H3. The van der Waals surface area contributed by atoms with Crippen molar-refractivity contribution in [1.82, 2.24) is 4.98 Å². The van der Waals surface area contributed by atoms with Gasteiger partial charge in [-0.05, 0) is 44.9 Å². The molecule has 3 aromatic rings. The second-order valence-corrected chi connectivity index (χ2v) is 6.75. The lowest BCUT2D eigenvalue weighted by molar-refractivity contribution is 0.112. The predicted molar refractivity (Wildman–Crippen MR) is 85.9 cm³/mol. The topological polar surface area (TPSA) is 32.9 Å². The van der Waals surface area contributed by atoms with Crippen LogP contribution in [0.25, 0.3) is 22.2 Å². The summed E-state index contributed by atoms with van der Waals surface area (Å²) >= 11 is 1.76. The number of carbonyl (C=O) groups is 1. The first kappa shape index (κ1) is 13.1. The molecule has 102 valence electrons. The fraction of sp³-hybridized carbons (Fsp3) is 0.235. The summed E-state index contributed by atoms with van der Waals surface area (Å²) in [6, 6.07) is 6.27. The molecule has 0 aliphatic heterocycles. The molecule has 3 rings (SSSR count). The van der Waals surface area contributed by atoms with E-state index >= 15 is 0 Å². The normalized spacial score (nSPS) is 11.2. The molecule has 20 heavy (non-hydrogen) atoms. The number of aldehydes is 1. The summed E-state index contributed by atoms with van der Waals surface area (Å²) in [7, 11) is 0. The van der Waals surface area contributed by atoms with Gasteiger partial charge < -0.3 is 4.98 Å². The lowest BCUT2D eigenvalue weighted by Gasteiger charge is -2.00. The van der Waals surface area contributed by atoms with Crippen molar-refractivity contribution in [3.05, 3.63) is 44.6 Å². The summed E-state index contributed by atoms with van der Waals surface area (Å²) in [5.74, 6) is 0. The molecule has 0 saturated heterocycles. The molecule has 0 radical (unpaired) electrons. The third kappa shape index (κ3) is 1.81. The van der Waals surface area contributed by atoms with Crippen molar-refractivity contribution >= 4 is 28.5 Å². The number of rotatable bonds is 2. The summed E-state index contributed by atoms with van der Waals surface area (Å²) in [6.07, 6.45) is 0.968. The first-order chi connectivity index (χ1) is 9.52. The van der Waals surface area contributed by atoms with E-state index in [1.807, 2.05) is 6.07 Å². The van der Waals surface area contributed by atoms with Crippen molar-refractivity contribution in [2.45, 2.75) is 27.7 Å². The Kier molecular flexibility index (Phi) is 3.02. The van der Waals surface area contributed by atoms with Gasteiger partial charge in [-0.3, -0.25) is 4.79 Å². The first-order valence-electron chi connectivity index (χ1n) is 6.67. The number of fused-ring (bicyclic) bond motifs is 1. The summed E-state index contributed by atoms with van der Waals surface area (Å²) in [5, 5.41) is 1.02. The average Bonchev–Trinajstić information content (AvgIpc) is 2.93. The highest BCUT2D eigenvalue weighted by molar-refractivity contribution is 7.12. The van der Waals surface area contributed by atoms with E-state index in [2.05, 4.69) is 44.8 Å². The molecule has 0 fully saturated rings. The first-order valence-corrected chi connectivity index (χ1v) is 7.49. The largest absolute Gasteiger partial charge is 0.354 e. The Morgan fingerprint density at radius 2 is 1.90 bits per heavy atom. The van der Waals surface area contributed by atoms with Gasteiger partial charge in [-0.1, -0.05) is 12.1 Å². The van der Waals surface area contributed by atoms with Crippen LogP contribution in [0.1, 0.15) is 31.2 Å². The molecule has 0 atom stereocenters. The van der Waals surface area contributed by atoms with Crippen LogP contribution in [0.2, 0.25) is 0 Å². The third-order valence-corrected chi connectivity index (χ3v) is 4.94. The van der Waals surface area contributed by atoms with E-state index in [1.54, 1.807) is 11.3 Å². The molecule has 0 saturated carbocycles. The molecule has 0 bridgehead atoms. The van der Waals surface area contributed by atoms with Gasteiger partial charge in [0.2, 0.25) is 0 Å². The Labute approximate surface area is 122 Å². The van der Waals surface area contributed by atoms with Gasteiger partial charge in [-0.2, -0.15) is 0 Å². The number of hydrogen-bond acceptors (Lipinski definition) is 2. The van der Waals surface area contributed by atoms with Crippen molar-refractivity contribution < 1.29 is 4.79 Å². The molecular formula is C17H17NOS. The van der Waals surface area contributed by atoms with Gasteiger partial charge in [0, 0.05) is 31.8 Å². The van der Waals surface area contributed by atoms with Crippen LogP contribution in [0.4, 0.5) is 0 Å². The van der Waals surface area contributed by atoms with Gasteiger partial charge in [0.15, 0.2) is 6.29 Å². The third-order valence-electron chi connectivity index (χ3n) is 3.97. The predicted octanol–water partition coefficient (Wildman–Crippen LogP) is 4.94. The minimum absolute atomic E-state index is 0.768. The number of H-pyrrole nitrogens is 1. The molecule has 0 aliphatic rings. The Bertz CT molecular complexity index is 823. The SMILES string of the molecule is Cc1cc(-c2[nH]c3c(C)c(C)ccc3c2C=O)c(C)s1. The molecule has 2 heterocycles. The Morgan fingerprint density at radius 3 is 2.50 bits per heavy atom. The highest BCUT2D eigenvalue weighted by Gasteiger charge is 2.17. The molecule has 0 unspecified atom stereocenters. The molecule has 0 aliphatic carbocycles. The number of aryl methyl sites for hydroxylation is 4. The van der Waals surface area contributed by atoms with Gasteiger partial charge >= 0.3 is 0 Å². The van der Waals surface area contributed by atoms with Gasteiger partial charge in [-0.25, -0.2) is 0 Å². The zero-order valence-electron chi connectivity index (χ0n) is 12.1. The van der Waals surface area contributed by atoms with Crippen molar-refractivity contribution in [2.75, 3.05) is 0 Å². The maximum Gasteiger partial charge on any atom is 0.152 e. The van der Waals surface area contributed by atoms with Crippen LogP contribution >= 0.6 is 11.3 Å². The van der Waals surface area contributed by atoms with Crippen molar-refractivity contribution in [3.63, 3.8) is 0 Å². The van der Waals surface area contributed by atoms with Gasteiger partial charge in [0.25, 0.3) is 0 Å². The second kappa shape index (κ2) is 4.60. The number of benzene rings is 1. The lowest BCUT2D eigenvalue weighted by atomic mass is 10.0. The molecule has 0 amide bonds. The fourth-order valence-corrected chi connectivity index (χ4v) is 3.67. The average molecular weight is 283 g/mol. The van der Waals surface area contributed by atoms with E-state index in [0.29, 0.717) is 0 Å². The Hall–Kier alpha value is -1.87. The number of thiophene rings is 1. The van der Waals surface area contributed by atoms with Crippen molar-refractivity contribution in [2.24, 2.45) is 0 Å². The number of nitrogens with one attached hydrogen (secondary N) is 1. The number of aromatic amines is 1. The fourth-order valence-electron chi connectivity index (χ4n) is 2.74. The van der Waals surface area contributed by atoms with E-state index in [4.69, 9.17) is 0 Å². The Morgan fingerprint density at radius 1 is 1.15 bits per heavy atom. The van der Waals surface area contributed by atoms with Crippen LogP contribution in [0.3, 0.4) is 0 Å². The lowest BCUT2D eigenvalue weighted by Crippen LogP contribution is -1.84. The van der Waals surface area contributed by atoms with E-state index < -0.39 is 0 Å². The summed E-state index contributed by atoms with van der Waals surface area (Å²) < 4.78 is 0. The van der Waals surface area contributed by atoms with E-state index in [1.165, 1.54) is 20.9 Å². The number of aromatic nitrogens is 1. The van der Waals surface area contributed by atoms with Gasteiger partial charge in [0.05, 0.1) is 5.69 Å². The van der Waals surface area contributed by atoms with E-state index in [0.717, 1.165) is 34.0 Å². The summed E-state index contributed by atoms with van der Waals surface area (Å²) in [5.41, 5.74) is 6.38. The molecule has 0 spiro atoms. The van der Waals surface area contributed by atoms with Crippen molar-refractivity contribution in [1.29, 1.82) is 0 Å². The van der Waals surface area contributed by atoms with Gasteiger partial charge in [0.1, 0.15) is 0 Å². The second-order valence-electron chi connectivity index (χ2n) is 5.29. The maximum absolute atomic E-state index is 11.6. The maximum atomic E-state index is 11.6. The molecule has 1 aromatic carbocycles. The van der Waals surface area contributed by atoms with Crippen LogP contribution in [-0.4, -0.2) is 11.3 Å². The van der Waals surface area contributed by atoms with Crippen LogP contribution < -0.4 is 0 Å². The van der Waals surface area contributed by atoms with Crippen molar-refractivity contribution in [3.8, 4) is 11.3 Å². The molecule has 2 nitrogen and oxygen atoms in total. The van der Waals surface area contributed by atoms with Gasteiger partial charge in [-0.15, -0.1) is 11.3 Å². The van der Waals surface area contributed by atoms with E-state index in [-0.39, 0.29) is 0 Å². The minimum atomic E-state index is 0.768. The molecular weight excluding hydrogens is 266 g/mol. The Balaban J connectivity index is 2.39. The smallest absolute Gasteiger partial charge is 0.152 e. The van der Waals surface area contributed by atoms with Crippen LogP contribution in [0, 0.1) is 27.7 Å².